The van der Waals surface area contributed by atoms with Gasteiger partial charge in [0.15, 0.2) is 0 Å². The fraction of sp³-hybridized carbons (Fsp3) is 0. The maximum atomic E-state index is 10.3. The number of carbonyl (C=O) groups is 1. The van der Waals surface area contributed by atoms with Gasteiger partial charge in [-0.05, 0) is 12.1 Å². The van der Waals surface area contributed by atoms with Gasteiger partial charge in [0.1, 0.15) is 11.7 Å². The number of hydrogen-bond donors (Lipinski definition) is 0. The van der Waals surface area contributed by atoms with Crippen molar-refractivity contribution in [2.45, 2.75) is 0 Å². The number of rotatable bonds is 2. The second kappa shape index (κ2) is 5.01. The third-order valence-electron chi connectivity index (χ3n) is 1.49. The number of pyridine rings is 1. The van der Waals surface area contributed by atoms with Crippen LogP contribution in [0.5, 0.6) is 0 Å². The summed E-state index contributed by atoms with van der Waals surface area (Å²) in [5.74, 6) is -1.92. The minimum Gasteiger partial charge on any atom is -0.540 e. The third kappa shape index (κ3) is 2.62. The van der Waals surface area contributed by atoms with Gasteiger partial charge >= 0.3 is 29.6 Å². The first-order valence-corrected chi connectivity index (χ1v) is 3.74. The molecule has 0 saturated carbocycles. The van der Waals surface area contributed by atoms with Gasteiger partial charge in [-0.1, -0.05) is 11.2 Å². The summed E-state index contributed by atoms with van der Waals surface area (Å²) in [7, 11) is 0. The van der Waals surface area contributed by atoms with Crippen molar-refractivity contribution in [1.29, 1.82) is 0 Å². The molecule has 0 saturated heterocycles. The van der Waals surface area contributed by atoms with Crippen LogP contribution in [0.15, 0.2) is 28.9 Å². The van der Waals surface area contributed by atoms with E-state index in [2.05, 4.69) is 19.6 Å². The summed E-state index contributed by atoms with van der Waals surface area (Å²) in [4.78, 5) is 17.8. The minimum absolute atomic E-state index is 0. The molecular weight excluding hydrogens is 209 g/mol. The molecule has 2 rings (SSSR count). The van der Waals surface area contributed by atoms with Gasteiger partial charge in [-0.15, -0.1) is 0 Å². The van der Waals surface area contributed by atoms with Crippen LogP contribution in [-0.2, 0) is 0 Å². The van der Waals surface area contributed by atoms with E-state index in [-0.39, 0.29) is 35.4 Å². The molecular formula is C8H4N3NaO3. The van der Waals surface area contributed by atoms with Crippen LogP contribution in [0.2, 0.25) is 0 Å². The molecule has 0 atom stereocenters. The van der Waals surface area contributed by atoms with E-state index in [0.29, 0.717) is 5.69 Å². The predicted molar refractivity (Wildman–Crippen MR) is 41.9 cm³/mol. The average molecular weight is 213 g/mol. The fourth-order valence-electron chi connectivity index (χ4n) is 0.905. The van der Waals surface area contributed by atoms with Crippen molar-refractivity contribution < 1.29 is 44.0 Å². The Morgan fingerprint density at radius 1 is 1.40 bits per heavy atom. The van der Waals surface area contributed by atoms with Gasteiger partial charge in [0.2, 0.25) is 5.82 Å². The second-order valence-electron chi connectivity index (χ2n) is 2.43. The Balaban J connectivity index is 0.00000112. The maximum Gasteiger partial charge on any atom is 1.00 e. The molecule has 0 aliphatic carbocycles. The Bertz CT molecular complexity index is 457. The summed E-state index contributed by atoms with van der Waals surface area (Å²) in [6.45, 7) is 0. The standard InChI is InChI=1S/C8H5N3O3.Na/c12-8(13)7-10-6(11-14-7)5-3-1-2-4-9-5;/h1-4H,(H,12,13);/q;+1/p-1. The number of nitrogens with zero attached hydrogens (tertiary/aromatic N) is 3. The molecule has 0 aliphatic rings. The fourth-order valence-corrected chi connectivity index (χ4v) is 0.905. The number of aromatic nitrogens is 3. The van der Waals surface area contributed by atoms with E-state index in [1.54, 1.807) is 24.4 Å². The van der Waals surface area contributed by atoms with Crippen molar-refractivity contribution in [3.63, 3.8) is 0 Å². The van der Waals surface area contributed by atoms with Crippen LogP contribution in [0.4, 0.5) is 0 Å². The summed E-state index contributed by atoms with van der Waals surface area (Å²) in [5.41, 5.74) is 0.448. The van der Waals surface area contributed by atoms with Crippen molar-refractivity contribution >= 4 is 5.97 Å². The number of hydrogen-bond acceptors (Lipinski definition) is 6. The Morgan fingerprint density at radius 3 is 2.73 bits per heavy atom. The molecule has 0 amide bonds. The third-order valence-corrected chi connectivity index (χ3v) is 1.49. The van der Waals surface area contributed by atoms with Crippen molar-refractivity contribution in [2.75, 3.05) is 0 Å². The molecule has 70 valence electrons. The van der Waals surface area contributed by atoms with Crippen molar-refractivity contribution in [3.8, 4) is 11.5 Å². The summed E-state index contributed by atoms with van der Waals surface area (Å²) in [5, 5.41) is 13.8. The average Bonchev–Trinajstić information content (AvgIpc) is 2.68. The van der Waals surface area contributed by atoms with Crippen LogP contribution in [0, 0.1) is 0 Å². The molecule has 2 aromatic heterocycles. The van der Waals surface area contributed by atoms with E-state index in [9.17, 15) is 9.90 Å². The molecule has 0 N–H and O–H groups in total. The molecule has 0 aliphatic heterocycles. The summed E-state index contributed by atoms with van der Waals surface area (Å²) >= 11 is 0. The molecule has 7 heteroatoms. The van der Waals surface area contributed by atoms with Crippen LogP contribution in [0.1, 0.15) is 10.7 Å². The van der Waals surface area contributed by atoms with E-state index in [1.165, 1.54) is 0 Å². The smallest absolute Gasteiger partial charge is 0.540 e. The van der Waals surface area contributed by atoms with Crippen molar-refractivity contribution in [1.82, 2.24) is 15.1 Å². The van der Waals surface area contributed by atoms with Crippen LogP contribution >= 0.6 is 0 Å². The first-order valence-electron chi connectivity index (χ1n) is 3.74. The maximum absolute atomic E-state index is 10.3. The van der Waals surface area contributed by atoms with Crippen LogP contribution in [-0.4, -0.2) is 21.1 Å². The second-order valence-corrected chi connectivity index (χ2v) is 2.43. The van der Waals surface area contributed by atoms with Crippen LogP contribution < -0.4 is 34.7 Å². The van der Waals surface area contributed by atoms with E-state index < -0.39 is 11.9 Å². The van der Waals surface area contributed by atoms with E-state index in [0.717, 1.165) is 0 Å². The Kier molecular flexibility index (Phi) is 3.96. The number of aromatic carboxylic acids is 1. The van der Waals surface area contributed by atoms with Crippen LogP contribution in [0.25, 0.3) is 11.5 Å². The predicted octanol–water partition coefficient (Wildman–Crippen LogP) is -3.50. The summed E-state index contributed by atoms with van der Waals surface area (Å²) < 4.78 is 4.42. The van der Waals surface area contributed by atoms with Crippen molar-refractivity contribution in [3.05, 3.63) is 30.3 Å². The van der Waals surface area contributed by atoms with Gasteiger partial charge in [0.25, 0.3) is 5.89 Å². The molecule has 0 bridgehead atoms. The number of carbonyl (C=O) groups excluding carboxylic acids is 1. The summed E-state index contributed by atoms with van der Waals surface area (Å²) in [6.07, 6.45) is 1.55. The molecule has 2 heterocycles. The van der Waals surface area contributed by atoms with Gasteiger partial charge in [-0.2, -0.15) is 4.98 Å². The van der Waals surface area contributed by atoms with E-state index in [1.807, 2.05) is 0 Å². The molecule has 0 fully saturated rings. The van der Waals surface area contributed by atoms with Crippen LogP contribution in [0.3, 0.4) is 0 Å². The Morgan fingerprint density at radius 2 is 2.20 bits per heavy atom. The molecule has 6 nitrogen and oxygen atoms in total. The van der Waals surface area contributed by atoms with E-state index >= 15 is 0 Å². The van der Waals surface area contributed by atoms with Crippen molar-refractivity contribution in [2.24, 2.45) is 0 Å². The number of carboxylic acids is 1. The Hall–Kier alpha value is -1.24. The Labute approximate surface area is 107 Å². The normalized spacial score (nSPS) is 9.33. The van der Waals surface area contributed by atoms with Gasteiger partial charge in [-0.3, -0.25) is 4.98 Å². The summed E-state index contributed by atoms with van der Waals surface area (Å²) in [6, 6.07) is 5.10. The quantitative estimate of drug-likeness (QED) is 0.480. The SMILES string of the molecule is O=C([O-])c1nc(-c2ccccn2)no1.[Na+]. The molecule has 0 radical (unpaired) electrons. The molecule has 15 heavy (non-hydrogen) atoms. The van der Waals surface area contributed by atoms with Gasteiger partial charge in [0, 0.05) is 6.20 Å². The van der Waals surface area contributed by atoms with Gasteiger partial charge < -0.3 is 14.4 Å². The van der Waals surface area contributed by atoms with Gasteiger partial charge in [-0.25, -0.2) is 0 Å². The number of carboxylic acid groups (broad SMARTS) is 1. The molecule has 2 aromatic rings. The zero-order chi connectivity index (χ0) is 9.97. The zero-order valence-corrected chi connectivity index (χ0v) is 9.88. The minimum atomic E-state index is -1.50. The molecule has 0 unspecified atom stereocenters. The van der Waals surface area contributed by atoms with E-state index in [4.69, 9.17) is 0 Å². The zero-order valence-electron chi connectivity index (χ0n) is 7.88. The molecule has 0 aromatic carbocycles. The molecule has 0 spiro atoms. The largest absolute Gasteiger partial charge is 1.00 e. The van der Waals surface area contributed by atoms with Gasteiger partial charge in [0.05, 0.1) is 0 Å². The monoisotopic (exact) mass is 213 g/mol. The first kappa shape index (κ1) is 11.8. The topological polar surface area (TPSA) is 91.9 Å². The first-order chi connectivity index (χ1) is 6.77.